The third-order valence-electron chi connectivity index (χ3n) is 1.62. The SMILES string of the molecule is O=CC=Cc1cc(F)c([N+](=O)[O-])cc1Cl. The van der Waals surface area contributed by atoms with E-state index < -0.39 is 16.4 Å². The third-order valence-corrected chi connectivity index (χ3v) is 1.94. The highest BCUT2D eigenvalue weighted by molar-refractivity contribution is 6.32. The Labute approximate surface area is 89.1 Å². The minimum Gasteiger partial charge on any atom is -0.299 e. The van der Waals surface area contributed by atoms with Crippen molar-refractivity contribution in [1.82, 2.24) is 0 Å². The van der Waals surface area contributed by atoms with Crippen LogP contribution in [-0.4, -0.2) is 11.2 Å². The average Bonchev–Trinajstić information content (AvgIpc) is 2.18. The molecule has 0 saturated heterocycles. The van der Waals surface area contributed by atoms with Crippen LogP contribution in [0.5, 0.6) is 0 Å². The van der Waals surface area contributed by atoms with E-state index in [0.717, 1.165) is 18.2 Å². The molecule has 0 aliphatic heterocycles. The highest BCUT2D eigenvalue weighted by Gasteiger charge is 2.16. The molecule has 78 valence electrons. The zero-order chi connectivity index (χ0) is 11.4. The van der Waals surface area contributed by atoms with Crippen LogP contribution in [0, 0.1) is 15.9 Å². The van der Waals surface area contributed by atoms with Crippen LogP contribution < -0.4 is 0 Å². The zero-order valence-electron chi connectivity index (χ0n) is 7.31. The number of nitro benzene ring substituents is 1. The predicted molar refractivity (Wildman–Crippen MR) is 53.2 cm³/mol. The molecule has 0 unspecified atom stereocenters. The van der Waals surface area contributed by atoms with Gasteiger partial charge in [-0.3, -0.25) is 14.9 Å². The molecule has 0 saturated carbocycles. The number of carbonyl (C=O) groups is 1. The predicted octanol–water partition coefficient (Wildman–Crippen LogP) is 2.60. The van der Waals surface area contributed by atoms with Crippen LogP contribution in [-0.2, 0) is 4.79 Å². The van der Waals surface area contributed by atoms with Gasteiger partial charge in [-0.1, -0.05) is 17.7 Å². The summed E-state index contributed by atoms with van der Waals surface area (Å²) in [5.41, 5.74) is -0.477. The lowest BCUT2D eigenvalue weighted by Gasteiger charge is -1.99. The molecule has 0 heterocycles. The first-order valence-electron chi connectivity index (χ1n) is 3.81. The number of rotatable bonds is 3. The first kappa shape index (κ1) is 11.3. The van der Waals surface area contributed by atoms with E-state index in [4.69, 9.17) is 11.6 Å². The standard InChI is InChI=1S/C9H5ClFNO3/c10-7-5-9(12(14)15)8(11)4-6(7)2-1-3-13/h1-5H. The molecular weight excluding hydrogens is 225 g/mol. The van der Waals surface area contributed by atoms with Gasteiger partial charge in [0.2, 0.25) is 5.82 Å². The van der Waals surface area contributed by atoms with Gasteiger partial charge in [-0.05, 0) is 17.7 Å². The van der Waals surface area contributed by atoms with Gasteiger partial charge in [0.25, 0.3) is 0 Å². The summed E-state index contributed by atoms with van der Waals surface area (Å²) in [6, 6.07) is 1.81. The molecule has 0 spiro atoms. The molecular formula is C9H5ClFNO3. The van der Waals surface area contributed by atoms with Crippen molar-refractivity contribution in [3.8, 4) is 0 Å². The molecule has 0 N–H and O–H groups in total. The normalized spacial score (nSPS) is 10.5. The molecule has 0 aliphatic carbocycles. The number of hydrogen-bond acceptors (Lipinski definition) is 3. The van der Waals surface area contributed by atoms with Crippen molar-refractivity contribution in [2.24, 2.45) is 0 Å². The highest BCUT2D eigenvalue weighted by Crippen LogP contribution is 2.26. The molecule has 0 bridgehead atoms. The molecule has 15 heavy (non-hydrogen) atoms. The van der Waals surface area contributed by atoms with Crippen LogP contribution >= 0.6 is 11.6 Å². The Balaban J connectivity index is 3.25. The van der Waals surface area contributed by atoms with E-state index in [2.05, 4.69) is 0 Å². The number of halogens is 2. The van der Waals surface area contributed by atoms with Crippen LogP contribution in [0.3, 0.4) is 0 Å². The maximum Gasteiger partial charge on any atom is 0.306 e. The van der Waals surface area contributed by atoms with E-state index in [0.29, 0.717) is 6.29 Å². The van der Waals surface area contributed by atoms with Crippen molar-refractivity contribution < 1.29 is 14.1 Å². The molecule has 1 rings (SSSR count). The summed E-state index contributed by atoms with van der Waals surface area (Å²) < 4.78 is 13.1. The summed E-state index contributed by atoms with van der Waals surface area (Å²) in [6.45, 7) is 0. The minimum absolute atomic E-state index is 0.0150. The van der Waals surface area contributed by atoms with Gasteiger partial charge in [0.15, 0.2) is 0 Å². The molecule has 6 heteroatoms. The van der Waals surface area contributed by atoms with Gasteiger partial charge < -0.3 is 0 Å². The topological polar surface area (TPSA) is 60.2 Å². The van der Waals surface area contributed by atoms with Gasteiger partial charge >= 0.3 is 5.69 Å². The van der Waals surface area contributed by atoms with Gasteiger partial charge in [0.1, 0.15) is 6.29 Å². The monoisotopic (exact) mass is 229 g/mol. The van der Waals surface area contributed by atoms with E-state index >= 15 is 0 Å². The number of nitrogens with zero attached hydrogens (tertiary/aromatic N) is 1. The van der Waals surface area contributed by atoms with Gasteiger partial charge in [-0.15, -0.1) is 0 Å². The van der Waals surface area contributed by atoms with Gasteiger partial charge in [0, 0.05) is 6.07 Å². The van der Waals surface area contributed by atoms with Crippen LogP contribution in [0.2, 0.25) is 5.02 Å². The summed E-state index contributed by atoms with van der Waals surface area (Å²) in [6.07, 6.45) is 2.88. The maximum atomic E-state index is 13.1. The average molecular weight is 230 g/mol. The summed E-state index contributed by atoms with van der Waals surface area (Å²) in [7, 11) is 0. The van der Waals surface area contributed by atoms with Crippen LogP contribution in [0.25, 0.3) is 6.08 Å². The second-order valence-electron chi connectivity index (χ2n) is 2.58. The van der Waals surface area contributed by atoms with Crippen LogP contribution in [0.15, 0.2) is 18.2 Å². The van der Waals surface area contributed by atoms with E-state index in [1.165, 1.54) is 6.08 Å². The van der Waals surface area contributed by atoms with Crippen molar-refractivity contribution >= 4 is 29.7 Å². The Kier molecular flexibility index (Phi) is 3.51. The summed E-state index contributed by atoms with van der Waals surface area (Å²) in [5.74, 6) is -0.991. The molecule has 0 aliphatic rings. The lowest BCUT2D eigenvalue weighted by atomic mass is 10.2. The number of aldehydes is 1. The summed E-state index contributed by atoms with van der Waals surface area (Å²) in [5, 5.41) is 10.3. The fourth-order valence-electron chi connectivity index (χ4n) is 0.962. The quantitative estimate of drug-likeness (QED) is 0.346. The Morgan fingerprint density at radius 2 is 2.13 bits per heavy atom. The lowest BCUT2D eigenvalue weighted by molar-refractivity contribution is -0.387. The molecule has 0 radical (unpaired) electrons. The van der Waals surface area contributed by atoms with Crippen LogP contribution in [0.4, 0.5) is 10.1 Å². The molecule has 1 aromatic carbocycles. The van der Waals surface area contributed by atoms with Crippen molar-refractivity contribution in [2.75, 3.05) is 0 Å². The van der Waals surface area contributed by atoms with E-state index in [1.54, 1.807) is 0 Å². The minimum atomic E-state index is -0.991. The molecule has 0 aromatic heterocycles. The van der Waals surface area contributed by atoms with Crippen molar-refractivity contribution in [3.63, 3.8) is 0 Å². The Morgan fingerprint density at radius 1 is 1.47 bits per heavy atom. The fourth-order valence-corrected chi connectivity index (χ4v) is 1.18. The largest absolute Gasteiger partial charge is 0.306 e. The first-order chi connectivity index (χ1) is 7.06. The summed E-state index contributed by atoms with van der Waals surface area (Å²) >= 11 is 5.64. The smallest absolute Gasteiger partial charge is 0.299 e. The molecule has 4 nitrogen and oxygen atoms in total. The molecule has 1 aromatic rings. The van der Waals surface area contributed by atoms with Crippen LogP contribution in [0.1, 0.15) is 5.56 Å². The number of nitro groups is 1. The number of hydrogen-bond donors (Lipinski definition) is 0. The number of carbonyl (C=O) groups excluding carboxylic acids is 1. The number of benzene rings is 1. The van der Waals surface area contributed by atoms with E-state index in [1.807, 2.05) is 0 Å². The van der Waals surface area contributed by atoms with Gasteiger partial charge in [0.05, 0.1) is 9.95 Å². The first-order valence-corrected chi connectivity index (χ1v) is 4.19. The Hall–Kier alpha value is -1.75. The highest BCUT2D eigenvalue weighted by atomic mass is 35.5. The van der Waals surface area contributed by atoms with Gasteiger partial charge in [-0.25, -0.2) is 0 Å². The lowest BCUT2D eigenvalue weighted by Crippen LogP contribution is -1.93. The third kappa shape index (κ3) is 2.60. The Morgan fingerprint density at radius 3 is 2.67 bits per heavy atom. The Bertz CT molecular complexity index is 445. The zero-order valence-corrected chi connectivity index (χ0v) is 8.07. The van der Waals surface area contributed by atoms with Crippen molar-refractivity contribution in [1.29, 1.82) is 0 Å². The van der Waals surface area contributed by atoms with E-state index in [-0.39, 0.29) is 10.6 Å². The number of allylic oxidation sites excluding steroid dienone is 1. The fraction of sp³-hybridized carbons (Fsp3) is 0. The maximum absolute atomic E-state index is 13.1. The van der Waals surface area contributed by atoms with E-state index in [9.17, 15) is 19.3 Å². The second kappa shape index (κ2) is 4.65. The summed E-state index contributed by atoms with van der Waals surface area (Å²) in [4.78, 5) is 19.5. The van der Waals surface area contributed by atoms with Gasteiger partial charge in [-0.2, -0.15) is 4.39 Å². The molecule has 0 fully saturated rings. The molecule has 0 atom stereocenters. The molecule has 0 amide bonds. The van der Waals surface area contributed by atoms with Crippen molar-refractivity contribution in [3.05, 3.63) is 44.7 Å². The van der Waals surface area contributed by atoms with Crippen molar-refractivity contribution in [2.45, 2.75) is 0 Å². The second-order valence-corrected chi connectivity index (χ2v) is 2.98.